The molecule has 0 saturated carbocycles. The van der Waals surface area contributed by atoms with Gasteiger partial charge in [0, 0.05) is 5.02 Å². The largest absolute Gasteiger partial charge is 0.302 e. The average Bonchev–Trinajstić information content (AvgIpc) is 2.15. The van der Waals surface area contributed by atoms with Crippen LogP contribution in [0.5, 0.6) is 0 Å². The fourth-order valence-electron chi connectivity index (χ4n) is 1.03. The molecule has 0 spiro atoms. The van der Waals surface area contributed by atoms with E-state index in [1.807, 2.05) is 38.1 Å². The van der Waals surface area contributed by atoms with Gasteiger partial charge in [-0.15, -0.1) is 0 Å². The van der Waals surface area contributed by atoms with Crippen molar-refractivity contribution >= 4 is 11.6 Å². The highest BCUT2D eigenvalue weighted by molar-refractivity contribution is 6.30. The van der Waals surface area contributed by atoms with Crippen molar-refractivity contribution in [1.82, 2.24) is 5.48 Å². The van der Waals surface area contributed by atoms with E-state index in [0.29, 0.717) is 6.61 Å². The standard InChI is InChI=1S/C10H14ClNO/c1-3-13-12-8(2)9-4-6-10(11)7-5-9/h4-8,12H,3H2,1-2H3. The van der Waals surface area contributed by atoms with Crippen LogP contribution < -0.4 is 5.48 Å². The minimum absolute atomic E-state index is 0.192. The first-order valence-corrected chi connectivity index (χ1v) is 4.74. The molecule has 1 rings (SSSR count). The van der Waals surface area contributed by atoms with Crippen molar-refractivity contribution in [2.75, 3.05) is 6.61 Å². The Labute approximate surface area is 83.8 Å². The molecule has 0 heterocycles. The van der Waals surface area contributed by atoms with Crippen molar-refractivity contribution in [3.63, 3.8) is 0 Å². The van der Waals surface area contributed by atoms with Gasteiger partial charge in [-0.1, -0.05) is 23.7 Å². The zero-order valence-corrected chi connectivity index (χ0v) is 8.64. The summed E-state index contributed by atoms with van der Waals surface area (Å²) in [7, 11) is 0. The minimum atomic E-state index is 0.192. The molecule has 0 aliphatic carbocycles. The molecule has 0 bridgehead atoms. The highest BCUT2D eigenvalue weighted by atomic mass is 35.5. The van der Waals surface area contributed by atoms with Crippen LogP contribution in [0.3, 0.4) is 0 Å². The van der Waals surface area contributed by atoms with E-state index in [1.165, 1.54) is 0 Å². The van der Waals surface area contributed by atoms with E-state index in [0.717, 1.165) is 10.6 Å². The number of hydroxylamine groups is 1. The third kappa shape index (κ3) is 3.35. The van der Waals surface area contributed by atoms with Crippen molar-refractivity contribution in [1.29, 1.82) is 0 Å². The molecule has 1 N–H and O–H groups in total. The zero-order valence-electron chi connectivity index (χ0n) is 7.88. The fourth-order valence-corrected chi connectivity index (χ4v) is 1.15. The van der Waals surface area contributed by atoms with E-state index in [-0.39, 0.29) is 6.04 Å². The number of benzene rings is 1. The summed E-state index contributed by atoms with van der Waals surface area (Å²) in [6, 6.07) is 7.91. The van der Waals surface area contributed by atoms with Gasteiger partial charge in [-0.25, -0.2) is 0 Å². The van der Waals surface area contributed by atoms with E-state index >= 15 is 0 Å². The summed E-state index contributed by atoms with van der Waals surface area (Å²) in [6.07, 6.45) is 0. The van der Waals surface area contributed by atoms with Gasteiger partial charge in [0.05, 0.1) is 12.6 Å². The topological polar surface area (TPSA) is 21.3 Å². The smallest absolute Gasteiger partial charge is 0.0654 e. The lowest BCUT2D eigenvalue weighted by atomic mass is 10.1. The van der Waals surface area contributed by atoms with Crippen LogP contribution in [0.15, 0.2) is 24.3 Å². The minimum Gasteiger partial charge on any atom is -0.302 e. The van der Waals surface area contributed by atoms with Crippen molar-refractivity contribution in [2.45, 2.75) is 19.9 Å². The molecule has 13 heavy (non-hydrogen) atoms. The third-order valence-corrected chi connectivity index (χ3v) is 2.03. The maximum absolute atomic E-state index is 5.77. The van der Waals surface area contributed by atoms with Gasteiger partial charge in [0.15, 0.2) is 0 Å². The first kappa shape index (κ1) is 10.5. The summed E-state index contributed by atoms with van der Waals surface area (Å²) in [5, 5.41) is 0.757. The van der Waals surface area contributed by atoms with Gasteiger partial charge in [-0.05, 0) is 31.5 Å². The summed E-state index contributed by atoms with van der Waals surface area (Å²) in [5.41, 5.74) is 4.09. The van der Waals surface area contributed by atoms with Gasteiger partial charge in [-0.2, -0.15) is 5.48 Å². The van der Waals surface area contributed by atoms with Crippen LogP contribution in [0.25, 0.3) is 0 Å². The van der Waals surface area contributed by atoms with Gasteiger partial charge in [0.25, 0.3) is 0 Å². The molecule has 2 nitrogen and oxygen atoms in total. The molecule has 72 valence electrons. The molecule has 0 aromatic heterocycles. The molecule has 0 aliphatic heterocycles. The Kier molecular flexibility index (Phi) is 4.22. The number of halogens is 1. The summed E-state index contributed by atoms with van der Waals surface area (Å²) >= 11 is 5.77. The second-order valence-electron chi connectivity index (χ2n) is 2.82. The van der Waals surface area contributed by atoms with Gasteiger partial charge in [-0.3, -0.25) is 0 Å². The van der Waals surface area contributed by atoms with Crippen molar-refractivity contribution in [3.8, 4) is 0 Å². The molecular weight excluding hydrogens is 186 g/mol. The molecule has 1 aromatic carbocycles. The number of hydrogen-bond donors (Lipinski definition) is 1. The van der Waals surface area contributed by atoms with Gasteiger partial charge >= 0.3 is 0 Å². The first-order chi connectivity index (χ1) is 6.24. The van der Waals surface area contributed by atoms with E-state index in [1.54, 1.807) is 0 Å². The van der Waals surface area contributed by atoms with Crippen LogP contribution in [-0.4, -0.2) is 6.61 Å². The third-order valence-electron chi connectivity index (χ3n) is 1.77. The Bertz CT molecular complexity index is 248. The van der Waals surface area contributed by atoms with Crippen molar-refractivity contribution in [2.24, 2.45) is 0 Å². The van der Waals surface area contributed by atoms with Crippen LogP contribution in [-0.2, 0) is 4.84 Å². The lowest BCUT2D eigenvalue weighted by molar-refractivity contribution is 0.0285. The molecule has 0 fully saturated rings. The van der Waals surface area contributed by atoms with Crippen LogP contribution in [0.2, 0.25) is 5.02 Å². The average molecular weight is 200 g/mol. The molecule has 0 amide bonds. The maximum Gasteiger partial charge on any atom is 0.0654 e. The highest BCUT2D eigenvalue weighted by Crippen LogP contribution is 2.15. The van der Waals surface area contributed by atoms with Crippen LogP contribution in [0.4, 0.5) is 0 Å². The van der Waals surface area contributed by atoms with Crippen LogP contribution >= 0.6 is 11.6 Å². The normalized spacial score (nSPS) is 12.8. The summed E-state index contributed by atoms with van der Waals surface area (Å²) < 4.78 is 0. The summed E-state index contributed by atoms with van der Waals surface area (Å²) in [6.45, 7) is 4.65. The predicted octanol–water partition coefficient (Wildman–Crippen LogP) is 2.94. The van der Waals surface area contributed by atoms with E-state index < -0.39 is 0 Å². The van der Waals surface area contributed by atoms with E-state index in [9.17, 15) is 0 Å². The SMILES string of the molecule is CCONC(C)c1ccc(Cl)cc1. The van der Waals surface area contributed by atoms with Gasteiger partial charge < -0.3 is 4.84 Å². The summed E-state index contributed by atoms with van der Waals surface area (Å²) in [4.78, 5) is 5.10. The second kappa shape index (κ2) is 5.22. The Morgan fingerprint density at radius 1 is 1.38 bits per heavy atom. The molecule has 1 atom stereocenters. The van der Waals surface area contributed by atoms with E-state index in [4.69, 9.17) is 16.4 Å². The Morgan fingerprint density at radius 3 is 2.54 bits per heavy atom. The van der Waals surface area contributed by atoms with E-state index in [2.05, 4.69) is 5.48 Å². The number of nitrogens with one attached hydrogen (secondary N) is 1. The monoisotopic (exact) mass is 199 g/mol. The van der Waals surface area contributed by atoms with Gasteiger partial charge in [0.1, 0.15) is 0 Å². The van der Waals surface area contributed by atoms with Crippen LogP contribution in [0.1, 0.15) is 25.5 Å². The fraction of sp³-hybridized carbons (Fsp3) is 0.400. The maximum atomic E-state index is 5.77. The molecule has 0 saturated heterocycles. The quantitative estimate of drug-likeness (QED) is 0.753. The molecule has 0 aliphatic rings. The molecule has 1 aromatic rings. The number of hydrogen-bond acceptors (Lipinski definition) is 2. The van der Waals surface area contributed by atoms with Crippen LogP contribution in [0, 0.1) is 0 Å². The highest BCUT2D eigenvalue weighted by Gasteiger charge is 2.03. The lowest BCUT2D eigenvalue weighted by Gasteiger charge is -2.12. The zero-order chi connectivity index (χ0) is 9.68. The van der Waals surface area contributed by atoms with Gasteiger partial charge in [0.2, 0.25) is 0 Å². The van der Waals surface area contributed by atoms with Crippen molar-refractivity contribution in [3.05, 3.63) is 34.9 Å². The predicted molar refractivity (Wildman–Crippen MR) is 54.6 cm³/mol. The lowest BCUT2D eigenvalue weighted by Crippen LogP contribution is -2.18. The molecule has 1 unspecified atom stereocenters. The Hall–Kier alpha value is -0.570. The molecule has 0 radical (unpaired) electrons. The molecule has 3 heteroatoms. The summed E-state index contributed by atoms with van der Waals surface area (Å²) in [5.74, 6) is 0. The Balaban J connectivity index is 2.55. The molecular formula is C10H14ClNO. The van der Waals surface area contributed by atoms with Crippen molar-refractivity contribution < 1.29 is 4.84 Å². The second-order valence-corrected chi connectivity index (χ2v) is 3.26. The first-order valence-electron chi connectivity index (χ1n) is 4.36. The Morgan fingerprint density at radius 2 is 2.00 bits per heavy atom. The number of rotatable bonds is 4.